The first-order valence-corrected chi connectivity index (χ1v) is 7.16. The lowest BCUT2D eigenvalue weighted by atomic mass is 9.93. The molecular formula is C14H17NO3S. The highest BCUT2D eigenvalue weighted by atomic mass is 32.1. The van der Waals surface area contributed by atoms with Gasteiger partial charge in [0, 0.05) is 16.0 Å². The van der Waals surface area contributed by atoms with Crippen molar-refractivity contribution in [3.63, 3.8) is 0 Å². The summed E-state index contributed by atoms with van der Waals surface area (Å²) in [6, 6.07) is 2.06. The van der Waals surface area contributed by atoms with Gasteiger partial charge in [0.15, 0.2) is 0 Å². The van der Waals surface area contributed by atoms with Gasteiger partial charge in [0.2, 0.25) is 5.91 Å². The second-order valence-electron chi connectivity index (χ2n) is 4.77. The number of carboxylic acids is 1. The molecule has 19 heavy (non-hydrogen) atoms. The summed E-state index contributed by atoms with van der Waals surface area (Å²) in [6.07, 6.45) is 3.04. The highest BCUT2D eigenvalue weighted by molar-refractivity contribution is 7.10. The molecule has 102 valence electrons. The van der Waals surface area contributed by atoms with Crippen LogP contribution in [0.3, 0.4) is 0 Å². The number of amides is 1. The first-order chi connectivity index (χ1) is 9.00. The topological polar surface area (TPSA) is 66.4 Å². The molecule has 1 heterocycles. The van der Waals surface area contributed by atoms with Crippen molar-refractivity contribution in [3.8, 4) is 0 Å². The lowest BCUT2D eigenvalue weighted by Gasteiger charge is -2.24. The molecular weight excluding hydrogens is 262 g/mol. The maximum atomic E-state index is 12.1. The molecule has 1 aliphatic rings. The quantitative estimate of drug-likeness (QED) is 0.836. The number of aliphatic carboxylic acids is 1. The molecule has 1 aromatic heterocycles. The second kappa shape index (κ2) is 5.57. The van der Waals surface area contributed by atoms with Crippen LogP contribution in [0.5, 0.6) is 0 Å². The van der Waals surface area contributed by atoms with Crippen molar-refractivity contribution in [2.45, 2.75) is 39.2 Å². The highest BCUT2D eigenvalue weighted by Gasteiger charge is 2.23. The Morgan fingerprint density at radius 1 is 1.37 bits per heavy atom. The molecule has 2 rings (SSSR count). The molecule has 2 N–H and O–H groups in total. The molecule has 0 fully saturated rings. The third-order valence-corrected chi connectivity index (χ3v) is 4.58. The van der Waals surface area contributed by atoms with Crippen LogP contribution in [0.25, 0.3) is 0 Å². The van der Waals surface area contributed by atoms with Crippen LogP contribution in [-0.2, 0) is 16.0 Å². The number of fused-ring (bicyclic) bond motifs is 1. The predicted molar refractivity (Wildman–Crippen MR) is 74.2 cm³/mol. The Morgan fingerprint density at radius 2 is 2.11 bits per heavy atom. The normalized spacial score (nSPS) is 19.4. The third kappa shape index (κ3) is 2.87. The van der Waals surface area contributed by atoms with Gasteiger partial charge >= 0.3 is 5.97 Å². The molecule has 1 aromatic rings. The van der Waals surface area contributed by atoms with Crippen LogP contribution in [0.15, 0.2) is 22.6 Å². The Balaban J connectivity index is 2.14. The van der Waals surface area contributed by atoms with Crippen LogP contribution in [-0.4, -0.2) is 17.0 Å². The van der Waals surface area contributed by atoms with Crippen LogP contribution in [0.2, 0.25) is 0 Å². The molecule has 0 saturated heterocycles. The lowest BCUT2D eigenvalue weighted by Crippen LogP contribution is -2.31. The third-order valence-electron chi connectivity index (χ3n) is 3.58. The molecule has 0 spiro atoms. The van der Waals surface area contributed by atoms with Crippen molar-refractivity contribution in [3.05, 3.63) is 33.0 Å². The molecule has 1 aliphatic carbocycles. The number of carbonyl (C=O) groups is 2. The molecule has 0 saturated carbocycles. The molecule has 1 amide bonds. The van der Waals surface area contributed by atoms with E-state index in [2.05, 4.69) is 5.32 Å². The summed E-state index contributed by atoms with van der Waals surface area (Å²) in [7, 11) is 0. The fraction of sp³-hybridized carbons (Fsp3) is 0.429. The Bertz CT molecular complexity index is 545. The fourth-order valence-electron chi connectivity index (χ4n) is 2.23. The van der Waals surface area contributed by atoms with Gasteiger partial charge in [-0.1, -0.05) is 0 Å². The molecule has 1 atom stereocenters. The van der Waals surface area contributed by atoms with Gasteiger partial charge in [-0.3, -0.25) is 4.79 Å². The molecule has 0 bridgehead atoms. The molecule has 0 aromatic carbocycles. The van der Waals surface area contributed by atoms with Crippen LogP contribution >= 0.6 is 11.3 Å². The zero-order valence-electron chi connectivity index (χ0n) is 11.0. The van der Waals surface area contributed by atoms with E-state index in [9.17, 15) is 9.59 Å². The Labute approximate surface area is 116 Å². The van der Waals surface area contributed by atoms with Gasteiger partial charge in [0.25, 0.3) is 0 Å². The summed E-state index contributed by atoms with van der Waals surface area (Å²) in [6.45, 7) is 3.00. The zero-order valence-corrected chi connectivity index (χ0v) is 11.8. The predicted octanol–water partition coefficient (Wildman–Crippen LogP) is 2.66. The number of rotatable bonds is 3. The van der Waals surface area contributed by atoms with Crippen LogP contribution in [0, 0.1) is 0 Å². The van der Waals surface area contributed by atoms with Gasteiger partial charge in [-0.15, -0.1) is 11.3 Å². The van der Waals surface area contributed by atoms with Crippen molar-refractivity contribution < 1.29 is 14.7 Å². The van der Waals surface area contributed by atoms with E-state index in [1.807, 2.05) is 11.4 Å². The van der Waals surface area contributed by atoms with Gasteiger partial charge in [-0.05, 0) is 50.1 Å². The van der Waals surface area contributed by atoms with Crippen LogP contribution < -0.4 is 5.32 Å². The Hall–Kier alpha value is -1.62. The largest absolute Gasteiger partial charge is 0.478 e. The van der Waals surface area contributed by atoms with Crippen molar-refractivity contribution in [2.24, 2.45) is 0 Å². The van der Waals surface area contributed by atoms with Gasteiger partial charge in [-0.2, -0.15) is 0 Å². The number of nitrogens with one attached hydrogen (secondary N) is 1. The van der Waals surface area contributed by atoms with Gasteiger partial charge in [0.1, 0.15) is 0 Å². The number of hydrogen-bond acceptors (Lipinski definition) is 3. The minimum absolute atomic E-state index is 0.0130. The number of carboxylic acid groups (broad SMARTS) is 1. The smallest absolute Gasteiger partial charge is 0.331 e. The molecule has 5 heteroatoms. The Kier molecular flexibility index (Phi) is 4.04. The van der Waals surface area contributed by atoms with Gasteiger partial charge in [-0.25, -0.2) is 4.79 Å². The average Bonchev–Trinajstić information content (AvgIpc) is 2.86. The van der Waals surface area contributed by atoms with Crippen LogP contribution in [0.1, 0.15) is 43.2 Å². The van der Waals surface area contributed by atoms with E-state index in [4.69, 9.17) is 5.11 Å². The molecule has 0 aliphatic heterocycles. The minimum atomic E-state index is -1.05. The maximum Gasteiger partial charge on any atom is 0.331 e. The second-order valence-corrected chi connectivity index (χ2v) is 5.77. The van der Waals surface area contributed by atoms with Crippen molar-refractivity contribution in [1.82, 2.24) is 5.32 Å². The molecule has 4 nitrogen and oxygen atoms in total. The first kappa shape index (κ1) is 13.8. The Morgan fingerprint density at radius 3 is 2.79 bits per heavy atom. The number of carbonyl (C=O) groups excluding carboxylic acids is 1. The highest BCUT2D eigenvalue weighted by Crippen LogP contribution is 2.33. The average molecular weight is 279 g/mol. The van der Waals surface area contributed by atoms with Gasteiger partial charge < -0.3 is 10.4 Å². The summed E-state index contributed by atoms with van der Waals surface area (Å²) >= 11 is 1.72. The van der Waals surface area contributed by atoms with Crippen molar-refractivity contribution >= 4 is 23.2 Å². The molecule has 0 radical (unpaired) electrons. The summed E-state index contributed by atoms with van der Waals surface area (Å²) in [5.41, 5.74) is 1.55. The summed E-state index contributed by atoms with van der Waals surface area (Å²) in [5.74, 6) is -1.34. The summed E-state index contributed by atoms with van der Waals surface area (Å²) in [5, 5.41) is 13.9. The number of hydrogen-bond donors (Lipinski definition) is 2. The first-order valence-electron chi connectivity index (χ1n) is 6.28. The van der Waals surface area contributed by atoms with Crippen molar-refractivity contribution in [1.29, 1.82) is 0 Å². The SMILES string of the molecule is C/C(C(=O)O)=C(\C)C(=O)NC1CCCc2sccc21. The minimum Gasteiger partial charge on any atom is -0.478 e. The molecule has 1 unspecified atom stereocenters. The number of thiophene rings is 1. The summed E-state index contributed by atoms with van der Waals surface area (Å²) in [4.78, 5) is 24.2. The van der Waals surface area contributed by atoms with E-state index in [1.165, 1.54) is 17.4 Å². The standard InChI is InChI=1S/C14H17NO3S/c1-8(9(2)14(17)18)13(16)15-11-4-3-5-12-10(11)6-7-19-12/h6-7,11H,3-5H2,1-2H3,(H,15,16)(H,17,18)/b9-8-. The van der Waals surface area contributed by atoms with Gasteiger partial charge in [0.05, 0.1) is 6.04 Å². The zero-order chi connectivity index (χ0) is 14.0. The lowest BCUT2D eigenvalue weighted by molar-refractivity contribution is -0.133. The van der Waals surface area contributed by atoms with E-state index in [-0.39, 0.29) is 23.1 Å². The fourth-order valence-corrected chi connectivity index (χ4v) is 3.22. The number of aryl methyl sites for hydroxylation is 1. The van der Waals surface area contributed by atoms with Crippen LogP contribution in [0.4, 0.5) is 0 Å². The van der Waals surface area contributed by atoms with Crippen molar-refractivity contribution in [2.75, 3.05) is 0 Å². The maximum absolute atomic E-state index is 12.1. The summed E-state index contributed by atoms with van der Waals surface area (Å²) < 4.78 is 0. The van der Waals surface area contributed by atoms with E-state index in [0.29, 0.717) is 0 Å². The van der Waals surface area contributed by atoms with E-state index in [0.717, 1.165) is 19.3 Å². The monoisotopic (exact) mass is 279 g/mol. The van der Waals surface area contributed by atoms with E-state index < -0.39 is 5.97 Å². The van der Waals surface area contributed by atoms with E-state index in [1.54, 1.807) is 18.3 Å². The van der Waals surface area contributed by atoms with E-state index >= 15 is 0 Å².